The lowest BCUT2D eigenvalue weighted by atomic mass is 9.92. The second-order valence-corrected chi connectivity index (χ2v) is 7.15. The fraction of sp³-hybridized carbons (Fsp3) is 0.500. The molecule has 0 saturated carbocycles. The molecule has 2 fully saturated rings. The van der Waals surface area contributed by atoms with Gasteiger partial charge < -0.3 is 9.80 Å². The highest BCUT2D eigenvalue weighted by atomic mass is 16.2. The van der Waals surface area contributed by atoms with Crippen LogP contribution in [0.4, 0.5) is 0 Å². The Balaban J connectivity index is 1.40. The maximum Gasteiger partial charge on any atom is 0.227 e. The summed E-state index contributed by atoms with van der Waals surface area (Å²) in [6.07, 6.45) is 1.90. The van der Waals surface area contributed by atoms with Crippen molar-refractivity contribution in [1.29, 1.82) is 0 Å². The molecule has 0 N–H and O–H groups in total. The molecule has 4 rings (SSSR count). The molecule has 0 bridgehead atoms. The van der Waals surface area contributed by atoms with Crippen LogP contribution in [0.1, 0.15) is 24.2 Å². The molecule has 2 saturated heterocycles. The van der Waals surface area contributed by atoms with Crippen molar-refractivity contribution in [2.75, 3.05) is 20.1 Å². The summed E-state index contributed by atoms with van der Waals surface area (Å²) in [5.74, 6) is 1.42. The highest BCUT2D eigenvalue weighted by molar-refractivity contribution is 5.81. The van der Waals surface area contributed by atoms with Gasteiger partial charge in [-0.15, -0.1) is 5.10 Å². The number of hydrogen-bond donors (Lipinski definition) is 0. The third-order valence-corrected chi connectivity index (χ3v) is 5.56. The van der Waals surface area contributed by atoms with Crippen LogP contribution in [0.3, 0.4) is 0 Å². The van der Waals surface area contributed by atoms with Crippen LogP contribution in [-0.2, 0) is 16.0 Å². The number of carbonyl (C=O) groups excluding carboxylic acids is 2. The van der Waals surface area contributed by atoms with Gasteiger partial charge in [-0.25, -0.2) is 0 Å². The molecule has 1 aromatic heterocycles. The summed E-state index contributed by atoms with van der Waals surface area (Å²) in [4.78, 5) is 28.3. The fourth-order valence-corrected chi connectivity index (χ4v) is 3.95. The van der Waals surface area contributed by atoms with E-state index in [1.54, 1.807) is 4.68 Å². The maximum atomic E-state index is 12.7. The molecule has 8 heteroatoms. The van der Waals surface area contributed by atoms with Crippen molar-refractivity contribution in [3.63, 3.8) is 0 Å². The number of amides is 2. The van der Waals surface area contributed by atoms with Crippen molar-refractivity contribution in [3.05, 3.63) is 35.7 Å². The van der Waals surface area contributed by atoms with Gasteiger partial charge in [-0.2, -0.15) is 4.68 Å². The van der Waals surface area contributed by atoms with Crippen LogP contribution in [0, 0.1) is 12.8 Å². The lowest BCUT2D eigenvalue weighted by molar-refractivity contribution is -0.134. The van der Waals surface area contributed by atoms with Gasteiger partial charge in [-0.3, -0.25) is 9.59 Å². The summed E-state index contributed by atoms with van der Waals surface area (Å²) in [5.41, 5.74) is 1.83. The average molecular weight is 354 g/mol. The van der Waals surface area contributed by atoms with E-state index < -0.39 is 0 Å². The fourth-order valence-electron chi connectivity index (χ4n) is 3.95. The highest BCUT2D eigenvalue weighted by Gasteiger charge is 2.41. The number of piperidine rings is 1. The molecule has 8 nitrogen and oxygen atoms in total. The quantitative estimate of drug-likeness (QED) is 0.806. The second kappa shape index (κ2) is 6.51. The molecular weight excluding hydrogens is 332 g/mol. The number of carbonyl (C=O) groups is 2. The standard InChI is InChI=1S/C18H22N6O2/c1-12-19-20-21-24(12)15-5-3-13(4-6-15)9-18(26)23-8-7-14-10-17(25)22(2)16(14)11-23/h3-6,14,16H,7-11H2,1-2H3/t14-,16-/m1/s1. The highest BCUT2D eigenvalue weighted by Crippen LogP contribution is 2.31. The Morgan fingerprint density at radius 1 is 1.27 bits per heavy atom. The van der Waals surface area contributed by atoms with Gasteiger partial charge in [0, 0.05) is 26.6 Å². The molecule has 3 heterocycles. The first-order valence-electron chi connectivity index (χ1n) is 8.90. The Kier molecular flexibility index (Phi) is 4.18. The predicted molar refractivity (Wildman–Crippen MR) is 93.5 cm³/mol. The van der Waals surface area contributed by atoms with Gasteiger partial charge in [0.05, 0.1) is 18.2 Å². The maximum absolute atomic E-state index is 12.7. The molecule has 136 valence electrons. The Hall–Kier alpha value is -2.77. The molecule has 0 spiro atoms. The Morgan fingerprint density at radius 2 is 2.04 bits per heavy atom. The minimum absolute atomic E-state index is 0.113. The SMILES string of the molecule is Cc1nnnn1-c1ccc(CC(=O)N2CC[C@@H]3CC(=O)N(C)[C@@H]3C2)cc1. The van der Waals surface area contributed by atoms with E-state index in [1.165, 1.54) is 0 Å². The molecule has 2 aromatic rings. The van der Waals surface area contributed by atoms with Crippen molar-refractivity contribution in [2.24, 2.45) is 5.92 Å². The Labute approximate surface area is 151 Å². The number of aryl methyl sites for hydroxylation is 1. The van der Waals surface area contributed by atoms with Crippen LogP contribution < -0.4 is 0 Å². The molecule has 0 unspecified atom stereocenters. The topological polar surface area (TPSA) is 84.2 Å². The van der Waals surface area contributed by atoms with E-state index in [0.717, 1.165) is 24.2 Å². The van der Waals surface area contributed by atoms with Crippen LogP contribution in [0.5, 0.6) is 0 Å². The number of nitrogens with zero attached hydrogens (tertiary/aromatic N) is 6. The monoisotopic (exact) mass is 354 g/mol. The van der Waals surface area contributed by atoms with E-state index in [2.05, 4.69) is 15.5 Å². The lowest BCUT2D eigenvalue weighted by Gasteiger charge is -2.37. The number of fused-ring (bicyclic) bond motifs is 1. The van der Waals surface area contributed by atoms with Crippen molar-refractivity contribution in [3.8, 4) is 5.69 Å². The van der Waals surface area contributed by atoms with Crippen LogP contribution in [0.25, 0.3) is 5.69 Å². The smallest absolute Gasteiger partial charge is 0.227 e. The number of aromatic nitrogens is 4. The normalized spacial score (nSPS) is 22.6. The lowest BCUT2D eigenvalue weighted by Crippen LogP contribution is -2.49. The van der Waals surface area contributed by atoms with Crippen LogP contribution in [0.2, 0.25) is 0 Å². The van der Waals surface area contributed by atoms with Crippen LogP contribution in [0.15, 0.2) is 24.3 Å². The van der Waals surface area contributed by atoms with Crippen molar-refractivity contribution < 1.29 is 9.59 Å². The summed E-state index contributed by atoms with van der Waals surface area (Å²) >= 11 is 0. The van der Waals surface area contributed by atoms with Gasteiger partial charge in [0.15, 0.2) is 5.82 Å². The van der Waals surface area contributed by atoms with Gasteiger partial charge in [0.1, 0.15) is 0 Å². The van der Waals surface area contributed by atoms with E-state index in [-0.39, 0.29) is 17.9 Å². The summed E-state index contributed by atoms with van der Waals surface area (Å²) in [6.45, 7) is 3.22. The third kappa shape index (κ3) is 2.95. The second-order valence-electron chi connectivity index (χ2n) is 7.15. The van der Waals surface area contributed by atoms with Crippen molar-refractivity contribution in [2.45, 2.75) is 32.2 Å². The number of rotatable bonds is 3. The van der Waals surface area contributed by atoms with E-state index in [1.807, 2.05) is 48.0 Å². The molecule has 0 aliphatic carbocycles. The van der Waals surface area contributed by atoms with Gasteiger partial charge in [0.2, 0.25) is 11.8 Å². The number of benzene rings is 1. The zero-order valence-electron chi connectivity index (χ0n) is 15.0. The van der Waals surface area contributed by atoms with E-state index in [9.17, 15) is 9.59 Å². The molecule has 2 atom stereocenters. The van der Waals surface area contributed by atoms with Crippen molar-refractivity contribution >= 4 is 11.8 Å². The molecule has 2 aliphatic rings. The minimum Gasteiger partial charge on any atom is -0.341 e. The first-order chi connectivity index (χ1) is 12.5. The van der Waals surface area contributed by atoms with Crippen LogP contribution in [-0.4, -0.2) is 68.0 Å². The van der Waals surface area contributed by atoms with E-state index in [0.29, 0.717) is 31.1 Å². The molecule has 26 heavy (non-hydrogen) atoms. The van der Waals surface area contributed by atoms with Crippen molar-refractivity contribution in [1.82, 2.24) is 30.0 Å². The molecule has 1 aromatic carbocycles. The average Bonchev–Trinajstić information content (AvgIpc) is 3.19. The number of likely N-dealkylation sites (N-methyl/N-ethyl adjacent to an activating group) is 1. The van der Waals surface area contributed by atoms with Gasteiger partial charge in [0.25, 0.3) is 0 Å². The zero-order valence-corrected chi connectivity index (χ0v) is 15.0. The zero-order chi connectivity index (χ0) is 18.3. The first kappa shape index (κ1) is 16.7. The van der Waals surface area contributed by atoms with Gasteiger partial charge >= 0.3 is 0 Å². The van der Waals surface area contributed by atoms with Gasteiger partial charge in [-0.1, -0.05) is 12.1 Å². The van der Waals surface area contributed by atoms with Gasteiger partial charge in [-0.05, 0) is 47.4 Å². The number of tetrazole rings is 1. The number of likely N-dealkylation sites (tertiary alicyclic amines) is 2. The molecule has 2 aliphatic heterocycles. The first-order valence-corrected chi connectivity index (χ1v) is 8.90. The van der Waals surface area contributed by atoms with E-state index >= 15 is 0 Å². The predicted octanol–water partition coefficient (Wildman–Crippen LogP) is 0.592. The molecule has 2 amide bonds. The largest absolute Gasteiger partial charge is 0.341 e. The Bertz CT molecular complexity index is 830. The van der Waals surface area contributed by atoms with Crippen LogP contribution >= 0.6 is 0 Å². The summed E-state index contributed by atoms with van der Waals surface area (Å²) in [7, 11) is 1.85. The Morgan fingerprint density at radius 3 is 2.73 bits per heavy atom. The molecular formula is C18H22N6O2. The summed E-state index contributed by atoms with van der Waals surface area (Å²) < 4.78 is 1.66. The third-order valence-electron chi connectivity index (χ3n) is 5.56. The summed E-state index contributed by atoms with van der Waals surface area (Å²) in [6, 6.07) is 7.88. The van der Waals surface area contributed by atoms with E-state index in [4.69, 9.17) is 0 Å². The molecule has 0 radical (unpaired) electrons. The summed E-state index contributed by atoms with van der Waals surface area (Å²) in [5, 5.41) is 11.5. The number of hydrogen-bond acceptors (Lipinski definition) is 5. The minimum atomic E-state index is 0.113.